The molecule has 2 heterocycles. The van der Waals surface area contributed by atoms with Gasteiger partial charge in [-0.05, 0) is 23.6 Å². The van der Waals surface area contributed by atoms with E-state index in [0.717, 1.165) is 22.6 Å². The second-order valence-electron chi connectivity index (χ2n) is 5.97. The van der Waals surface area contributed by atoms with Crippen LogP contribution in [0, 0.1) is 0 Å². The third-order valence-corrected chi connectivity index (χ3v) is 4.01. The van der Waals surface area contributed by atoms with Gasteiger partial charge in [0.25, 0.3) is 0 Å². The summed E-state index contributed by atoms with van der Waals surface area (Å²) >= 11 is 0. The summed E-state index contributed by atoms with van der Waals surface area (Å²) in [7, 11) is 1.65. The molecule has 4 nitrogen and oxygen atoms in total. The third kappa shape index (κ3) is 3.49. The van der Waals surface area contributed by atoms with Gasteiger partial charge in [-0.3, -0.25) is 15.0 Å². The number of nitrogens with zero attached hydrogens (tertiary/aromatic N) is 3. The SMILES string of the molecule is COC(c1ccccn1)c1cnc(-c2ccc(C(C)C)cc2)cn1. The monoisotopic (exact) mass is 319 g/mol. The highest BCUT2D eigenvalue weighted by Crippen LogP contribution is 2.24. The Bertz CT molecular complexity index is 768. The van der Waals surface area contributed by atoms with Crippen molar-refractivity contribution in [1.82, 2.24) is 15.0 Å². The summed E-state index contributed by atoms with van der Waals surface area (Å²) in [4.78, 5) is 13.4. The van der Waals surface area contributed by atoms with Crippen molar-refractivity contribution in [3.63, 3.8) is 0 Å². The summed E-state index contributed by atoms with van der Waals surface area (Å²) in [5, 5.41) is 0. The van der Waals surface area contributed by atoms with Crippen LogP contribution in [0.5, 0.6) is 0 Å². The van der Waals surface area contributed by atoms with Crippen molar-refractivity contribution < 1.29 is 4.74 Å². The summed E-state index contributed by atoms with van der Waals surface area (Å²) in [6.45, 7) is 4.37. The van der Waals surface area contributed by atoms with Crippen molar-refractivity contribution in [2.24, 2.45) is 0 Å². The molecule has 0 aliphatic rings. The first-order valence-corrected chi connectivity index (χ1v) is 8.05. The van der Waals surface area contributed by atoms with E-state index in [1.165, 1.54) is 5.56 Å². The lowest BCUT2D eigenvalue weighted by Crippen LogP contribution is -2.08. The van der Waals surface area contributed by atoms with E-state index in [-0.39, 0.29) is 6.10 Å². The maximum Gasteiger partial charge on any atom is 0.142 e. The topological polar surface area (TPSA) is 47.9 Å². The average Bonchev–Trinajstić information content (AvgIpc) is 2.64. The smallest absolute Gasteiger partial charge is 0.142 e. The Morgan fingerprint density at radius 1 is 0.833 bits per heavy atom. The van der Waals surface area contributed by atoms with Crippen molar-refractivity contribution in [2.45, 2.75) is 25.9 Å². The van der Waals surface area contributed by atoms with Gasteiger partial charge in [0.05, 0.1) is 29.5 Å². The maximum absolute atomic E-state index is 5.55. The van der Waals surface area contributed by atoms with E-state index >= 15 is 0 Å². The molecule has 0 radical (unpaired) electrons. The zero-order valence-electron chi connectivity index (χ0n) is 14.2. The Morgan fingerprint density at radius 2 is 1.62 bits per heavy atom. The molecule has 3 rings (SSSR count). The van der Waals surface area contributed by atoms with E-state index in [0.29, 0.717) is 5.92 Å². The van der Waals surface area contributed by atoms with Gasteiger partial charge in [0.2, 0.25) is 0 Å². The van der Waals surface area contributed by atoms with Gasteiger partial charge < -0.3 is 4.74 Å². The zero-order chi connectivity index (χ0) is 16.9. The van der Waals surface area contributed by atoms with E-state index in [2.05, 4.69) is 53.1 Å². The zero-order valence-corrected chi connectivity index (χ0v) is 14.2. The summed E-state index contributed by atoms with van der Waals surface area (Å²) in [5.74, 6) is 0.522. The third-order valence-electron chi connectivity index (χ3n) is 4.01. The number of hydrogen-bond donors (Lipinski definition) is 0. The van der Waals surface area contributed by atoms with Gasteiger partial charge in [0.1, 0.15) is 6.10 Å². The molecule has 0 aliphatic carbocycles. The highest BCUT2D eigenvalue weighted by molar-refractivity contribution is 5.58. The van der Waals surface area contributed by atoms with Crippen molar-refractivity contribution in [3.8, 4) is 11.3 Å². The summed E-state index contributed by atoms with van der Waals surface area (Å²) in [6.07, 6.45) is 4.99. The number of hydrogen-bond acceptors (Lipinski definition) is 4. The minimum absolute atomic E-state index is 0.309. The van der Waals surface area contributed by atoms with Crippen LogP contribution in [-0.4, -0.2) is 22.1 Å². The second-order valence-corrected chi connectivity index (χ2v) is 5.97. The molecule has 0 amide bonds. The Morgan fingerprint density at radius 3 is 2.17 bits per heavy atom. The fraction of sp³-hybridized carbons (Fsp3) is 0.250. The quantitative estimate of drug-likeness (QED) is 0.699. The molecule has 2 aromatic heterocycles. The van der Waals surface area contributed by atoms with Crippen molar-refractivity contribution in [3.05, 3.63) is 78.0 Å². The van der Waals surface area contributed by atoms with E-state index in [1.54, 1.807) is 25.7 Å². The van der Waals surface area contributed by atoms with E-state index < -0.39 is 0 Å². The first-order chi connectivity index (χ1) is 11.7. The summed E-state index contributed by atoms with van der Waals surface area (Å²) in [5.41, 5.74) is 4.80. The van der Waals surface area contributed by atoms with Crippen LogP contribution in [0.1, 0.15) is 42.8 Å². The molecule has 1 atom stereocenters. The van der Waals surface area contributed by atoms with Crippen molar-refractivity contribution in [1.29, 1.82) is 0 Å². The Hall–Kier alpha value is -2.59. The van der Waals surface area contributed by atoms with Crippen LogP contribution in [0.4, 0.5) is 0 Å². The van der Waals surface area contributed by atoms with Crippen LogP contribution in [0.3, 0.4) is 0 Å². The molecule has 3 aromatic rings. The van der Waals surface area contributed by atoms with E-state index in [1.807, 2.05) is 18.2 Å². The molecule has 1 aromatic carbocycles. The molecule has 0 saturated carbocycles. The Balaban J connectivity index is 1.84. The summed E-state index contributed by atoms with van der Waals surface area (Å²) < 4.78 is 5.55. The normalized spacial score (nSPS) is 12.3. The average molecular weight is 319 g/mol. The molecule has 0 spiro atoms. The molecule has 1 unspecified atom stereocenters. The van der Waals surface area contributed by atoms with Crippen LogP contribution in [0.25, 0.3) is 11.3 Å². The Kier molecular flexibility index (Phi) is 4.96. The first kappa shape index (κ1) is 16.3. The standard InChI is InChI=1S/C20H21N3O/c1-14(2)15-7-9-16(10-8-15)18-12-23-19(13-22-18)20(24-3)17-6-4-5-11-21-17/h4-14,20H,1-3H3. The molecule has 0 fully saturated rings. The van der Waals surface area contributed by atoms with Crippen LogP contribution in [0.15, 0.2) is 61.1 Å². The number of rotatable bonds is 5. The van der Waals surface area contributed by atoms with Gasteiger partial charge in [-0.25, -0.2) is 0 Å². The van der Waals surface area contributed by atoms with Gasteiger partial charge in [-0.2, -0.15) is 0 Å². The number of pyridine rings is 1. The predicted octanol–water partition coefficient (Wildman–Crippen LogP) is 4.40. The molecular formula is C20H21N3O. The summed E-state index contributed by atoms with van der Waals surface area (Å²) in [6, 6.07) is 14.2. The van der Waals surface area contributed by atoms with Crippen molar-refractivity contribution in [2.75, 3.05) is 7.11 Å². The first-order valence-electron chi connectivity index (χ1n) is 8.05. The fourth-order valence-corrected chi connectivity index (χ4v) is 2.59. The molecule has 0 N–H and O–H groups in total. The fourth-order valence-electron chi connectivity index (χ4n) is 2.59. The van der Waals surface area contributed by atoms with E-state index in [4.69, 9.17) is 4.74 Å². The lowest BCUT2D eigenvalue weighted by atomic mass is 10.0. The lowest BCUT2D eigenvalue weighted by Gasteiger charge is -2.14. The predicted molar refractivity (Wildman–Crippen MR) is 94.6 cm³/mol. The molecular weight excluding hydrogens is 298 g/mol. The number of aromatic nitrogens is 3. The second kappa shape index (κ2) is 7.32. The lowest BCUT2D eigenvalue weighted by molar-refractivity contribution is 0.129. The largest absolute Gasteiger partial charge is 0.369 e. The molecule has 24 heavy (non-hydrogen) atoms. The van der Waals surface area contributed by atoms with Crippen LogP contribution in [0.2, 0.25) is 0 Å². The highest BCUT2D eigenvalue weighted by atomic mass is 16.5. The maximum atomic E-state index is 5.55. The number of benzene rings is 1. The number of methoxy groups -OCH3 is 1. The van der Waals surface area contributed by atoms with Gasteiger partial charge >= 0.3 is 0 Å². The molecule has 0 bridgehead atoms. The molecule has 0 saturated heterocycles. The minimum atomic E-state index is -0.309. The van der Waals surface area contributed by atoms with Crippen LogP contribution < -0.4 is 0 Å². The minimum Gasteiger partial charge on any atom is -0.369 e. The van der Waals surface area contributed by atoms with Gasteiger partial charge in [0.15, 0.2) is 0 Å². The van der Waals surface area contributed by atoms with Gasteiger partial charge in [0, 0.05) is 18.9 Å². The van der Waals surface area contributed by atoms with E-state index in [9.17, 15) is 0 Å². The van der Waals surface area contributed by atoms with Gasteiger partial charge in [-0.1, -0.05) is 44.2 Å². The number of ether oxygens (including phenoxy) is 1. The van der Waals surface area contributed by atoms with Gasteiger partial charge in [-0.15, -0.1) is 0 Å². The molecule has 4 heteroatoms. The van der Waals surface area contributed by atoms with Crippen LogP contribution in [-0.2, 0) is 4.74 Å². The highest BCUT2D eigenvalue weighted by Gasteiger charge is 2.16. The van der Waals surface area contributed by atoms with Crippen molar-refractivity contribution >= 4 is 0 Å². The molecule has 122 valence electrons. The van der Waals surface area contributed by atoms with Crippen LogP contribution >= 0.6 is 0 Å². The molecule has 0 aliphatic heterocycles. The Labute approximate surface area is 142 Å².